The third-order valence-corrected chi connectivity index (χ3v) is 9.78. The zero-order valence-electron chi connectivity index (χ0n) is 22.6. The lowest BCUT2D eigenvalue weighted by molar-refractivity contribution is 0.0709. The molecule has 11 heteroatoms. The molecule has 1 amide bonds. The van der Waals surface area contributed by atoms with Crippen molar-refractivity contribution in [3.63, 3.8) is 0 Å². The van der Waals surface area contributed by atoms with E-state index in [2.05, 4.69) is 33.4 Å². The van der Waals surface area contributed by atoms with Gasteiger partial charge in [-0.2, -0.15) is 8.42 Å². The maximum Gasteiger partial charge on any atom is 0.362 e. The van der Waals surface area contributed by atoms with Crippen LogP contribution in [0.4, 0.5) is 5.69 Å². The summed E-state index contributed by atoms with van der Waals surface area (Å²) < 4.78 is 37.3. The molecule has 10 nitrogen and oxygen atoms in total. The minimum Gasteiger partial charge on any atom is -0.338 e. The molecule has 0 radical (unpaired) electrons. The van der Waals surface area contributed by atoms with Crippen LogP contribution in [-0.2, 0) is 27.6 Å². The van der Waals surface area contributed by atoms with E-state index in [1.54, 1.807) is 24.0 Å². The Bertz CT molecular complexity index is 1740. The number of hydrogen-bond donors (Lipinski definition) is 1. The van der Waals surface area contributed by atoms with Crippen molar-refractivity contribution < 1.29 is 17.4 Å². The highest BCUT2D eigenvalue weighted by Gasteiger charge is 2.34. The lowest BCUT2D eigenvalue weighted by atomic mass is 10.0. The molecule has 3 aliphatic rings. The Balaban J connectivity index is 1.42. The SMILES string of the molecule is CCOS(=O)(=O)N1CCn2c(-c3cc4ccccc4n3CC3CC3)nc3cc(C(=O)N4CCC[C@@H](N)C4)cc1c32. The monoisotopic (exact) mass is 562 g/mol. The largest absolute Gasteiger partial charge is 0.362 e. The second-order valence-electron chi connectivity index (χ2n) is 11.2. The summed E-state index contributed by atoms with van der Waals surface area (Å²) in [6, 6.07) is 13.9. The first-order valence-electron chi connectivity index (χ1n) is 14.2. The minimum atomic E-state index is -4.05. The van der Waals surface area contributed by atoms with Crippen LogP contribution in [0, 0.1) is 5.92 Å². The number of amides is 1. The molecule has 7 rings (SSSR count). The number of nitrogens with zero attached hydrogens (tertiary/aromatic N) is 5. The Labute approximate surface area is 233 Å². The van der Waals surface area contributed by atoms with Crippen LogP contribution in [0.3, 0.4) is 0 Å². The number of aromatic nitrogens is 3. The van der Waals surface area contributed by atoms with Gasteiger partial charge in [0.25, 0.3) is 5.91 Å². The number of benzene rings is 2. The average molecular weight is 563 g/mol. The van der Waals surface area contributed by atoms with Crippen LogP contribution in [0.15, 0.2) is 42.5 Å². The molecule has 2 aromatic heterocycles. The lowest BCUT2D eigenvalue weighted by Crippen LogP contribution is -2.45. The zero-order valence-corrected chi connectivity index (χ0v) is 23.4. The van der Waals surface area contributed by atoms with Crippen molar-refractivity contribution in [2.45, 2.75) is 51.7 Å². The van der Waals surface area contributed by atoms with Crippen molar-refractivity contribution >= 4 is 43.8 Å². The van der Waals surface area contributed by atoms with E-state index >= 15 is 0 Å². The van der Waals surface area contributed by atoms with Gasteiger partial charge in [-0.15, -0.1) is 0 Å². The number of carbonyl (C=O) groups excluding carboxylic acids is 1. The van der Waals surface area contributed by atoms with E-state index in [9.17, 15) is 13.2 Å². The molecule has 2 N–H and O–H groups in total. The highest BCUT2D eigenvalue weighted by molar-refractivity contribution is 7.88. The quantitative estimate of drug-likeness (QED) is 0.367. The van der Waals surface area contributed by atoms with E-state index in [-0.39, 0.29) is 25.1 Å². The number of likely N-dealkylation sites (tertiary alicyclic amines) is 1. The number of fused-ring (bicyclic) bond motifs is 1. The number of imidazole rings is 1. The van der Waals surface area contributed by atoms with E-state index in [0.29, 0.717) is 47.8 Å². The summed E-state index contributed by atoms with van der Waals surface area (Å²) in [5, 5.41) is 1.15. The van der Waals surface area contributed by atoms with Crippen LogP contribution < -0.4 is 10.0 Å². The third kappa shape index (κ3) is 4.27. The average Bonchev–Trinajstić information content (AvgIpc) is 3.59. The number of nitrogens with two attached hydrogens (primary N) is 1. The van der Waals surface area contributed by atoms with E-state index in [1.165, 1.54) is 17.1 Å². The Morgan fingerprint density at radius 3 is 2.70 bits per heavy atom. The molecule has 2 fully saturated rings. The fourth-order valence-electron chi connectivity index (χ4n) is 6.26. The van der Waals surface area contributed by atoms with Gasteiger partial charge in [-0.1, -0.05) is 18.2 Å². The molecular weight excluding hydrogens is 528 g/mol. The predicted molar refractivity (Wildman–Crippen MR) is 154 cm³/mol. The lowest BCUT2D eigenvalue weighted by Gasteiger charge is -2.32. The summed E-state index contributed by atoms with van der Waals surface area (Å²) in [5.74, 6) is 1.28. The molecule has 40 heavy (non-hydrogen) atoms. The molecule has 1 atom stereocenters. The van der Waals surface area contributed by atoms with Gasteiger partial charge in [-0.05, 0) is 62.8 Å². The van der Waals surface area contributed by atoms with Crippen molar-refractivity contribution in [2.24, 2.45) is 11.7 Å². The van der Waals surface area contributed by atoms with Crippen LogP contribution in [0.25, 0.3) is 33.5 Å². The Kier molecular flexibility index (Phi) is 6.13. The number of hydrogen-bond acceptors (Lipinski definition) is 6. The van der Waals surface area contributed by atoms with Crippen LogP contribution in [0.1, 0.15) is 43.0 Å². The maximum atomic E-state index is 13.7. The summed E-state index contributed by atoms with van der Waals surface area (Å²) in [5.41, 5.74) is 10.5. The first kappa shape index (κ1) is 25.6. The molecular formula is C29H34N6O4S. The van der Waals surface area contributed by atoms with Crippen LogP contribution >= 0.6 is 0 Å². The van der Waals surface area contributed by atoms with Crippen LogP contribution in [0.2, 0.25) is 0 Å². The Hall–Kier alpha value is -3.41. The molecule has 4 heterocycles. The summed E-state index contributed by atoms with van der Waals surface area (Å²) >= 11 is 0. The number of rotatable bonds is 7. The molecule has 0 unspecified atom stereocenters. The summed E-state index contributed by atoms with van der Waals surface area (Å²) in [6.45, 7) is 4.31. The fraction of sp³-hybridized carbons (Fsp3) is 0.448. The maximum absolute atomic E-state index is 13.7. The normalized spacial score (nSPS) is 19.6. The summed E-state index contributed by atoms with van der Waals surface area (Å²) in [4.78, 5) is 20.5. The van der Waals surface area contributed by atoms with Gasteiger partial charge in [-0.25, -0.2) is 9.29 Å². The first-order valence-corrected chi connectivity index (χ1v) is 15.6. The first-order chi connectivity index (χ1) is 19.3. The molecule has 4 aromatic rings. The molecule has 1 saturated heterocycles. The van der Waals surface area contributed by atoms with E-state index in [0.717, 1.165) is 41.8 Å². The van der Waals surface area contributed by atoms with Gasteiger partial charge in [0.15, 0.2) is 5.82 Å². The minimum absolute atomic E-state index is 0.0258. The molecule has 0 spiro atoms. The van der Waals surface area contributed by atoms with E-state index in [4.69, 9.17) is 14.9 Å². The molecule has 0 bridgehead atoms. The molecule has 1 saturated carbocycles. The van der Waals surface area contributed by atoms with Gasteiger partial charge in [-0.3, -0.25) is 8.98 Å². The van der Waals surface area contributed by atoms with Gasteiger partial charge in [0.1, 0.15) is 0 Å². The highest BCUT2D eigenvalue weighted by Crippen LogP contribution is 2.40. The second kappa shape index (κ2) is 9.60. The van der Waals surface area contributed by atoms with Gasteiger partial charge in [0.05, 0.1) is 35.6 Å². The fourth-order valence-corrected chi connectivity index (χ4v) is 7.37. The second-order valence-corrected chi connectivity index (χ2v) is 12.7. The Morgan fingerprint density at radius 2 is 1.93 bits per heavy atom. The summed E-state index contributed by atoms with van der Waals surface area (Å²) in [6.07, 6.45) is 4.18. The van der Waals surface area contributed by atoms with Gasteiger partial charge in [0.2, 0.25) is 0 Å². The zero-order chi connectivity index (χ0) is 27.6. The van der Waals surface area contributed by atoms with E-state index < -0.39 is 10.3 Å². The molecule has 2 aliphatic heterocycles. The molecule has 210 valence electrons. The van der Waals surface area contributed by atoms with Crippen LogP contribution in [-0.4, -0.2) is 65.6 Å². The molecule has 2 aromatic carbocycles. The van der Waals surface area contributed by atoms with Crippen molar-refractivity contribution in [3.05, 3.63) is 48.0 Å². The standard InChI is InChI=1S/C29H34N6O4S/c1-2-39-40(37,38)35-13-12-33-27-23(14-21(16-25(27)35)29(36)32-11-5-7-22(30)18-32)31-28(33)26-15-20-6-3-4-8-24(20)34(26)17-19-9-10-19/h3-4,6,8,14-16,19,22H,2,5,7,9-13,17-18,30H2,1H3/t22-/m1/s1. The summed E-state index contributed by atoms with van der Waals surface area (Å²) in [7, 11) is -4.05. The van der Waals surface area contributed by atoms with Gasteiger partial charge in [0, 0.05) is 48.7 Å². The smallest absolute Gasteiger partial charge is 0.338 e. The number of carbonyl (C=O) groups is 1. The molecule has 1 aliphatic carbocycles. The van der Waals surface area contributed by atoms with Crippen molar-refractivity contribution in [2.75, 3.05) is 30.5 Å². The Morgan fingerprint density at radius 1 is 1.10 bits per heavy atom. The van der Waals surface area contributed by atoms with Crippen LogP contribution in [0.5, 0.6) is 0 Å². The van der Waals surface area contributed by atoms with E-state index in [1.807, 2.05) is 6.07 Å². The number of para-hydroxylation sites is 1. The van der Waals surface area contributed by atoms with Crippen molar-refractivity contribution in [1.82, 2.24) is 19.0 Å². The highest BCUT2D eigenvalue weighted by atomic mass is 32.2. The van der Waals surface area contributed by atoms with Gasteiger partial charge >= 0.3 is 10.3 Å². The topological polar surface area (TPSA) is 116 Å². The predicted octanol–water partition coefficient (Wildman–Crippen LogP) is 3.73. The number of piperidine rings is 1. The third-order valence-electron chi connectivity index (χ3n) is 8.32. The number of anilines is 1. The van der Waals surface area contributed by atoms with Crippen molar-refractivity contribution in [3.8, 4) is 11.5 Å². The van der Waals surface area contributed by atoms with Gasteiger partial charge < -0.3 is 19.8 Å². The van der Waals surface area contributed by atoms with Crippen molar-refractivity contribution in [1.29, 1.82) is 0 Å².